The fourth-order valence-electron chi connectivity index (χ4n) is 2.31. The Labute approximate surface area is 146 Å². The molecule has 6 nitrogen and oxygen atoms in total. The van der Waals surface area contributed by atoms with Crippen molar-refractivity contribution in [3.63, 3.8) is 0 Å². The minimum atomic E-state index is -0.975. The highest BCUT2D eigenvalue weighted by atomic mass is 19.1. The molecule has 0 fully saturated rings. The molecule has 138 valence electrons. The Morgan fingerprint density at radius 3 is 2.44 bits per heavy atom. The summed E-state index contributed by atoms with van der Waals surface area (Å²) in [6.07, 6.45) is 1.41. The van der Waals surface area contributed by atoms with Gasteiger partial charge in [-0.25, -0.2) is 4.39 Å². The number of halogens is 1. The third-order valence-electron chi connectivity index (χ3n) is 3.59. The highest BCUT2D eigenvalue weighted by molar-refractivity contribution is 5.96. The lowest BCUT2D eigenvalue weighted by molar-refractivity contribution is -0.141. The Kier molecular flexibility index (Phi) is 8.04. The summed E-state index contributed by atoms with van der Waals surface area (Å²) in [5, 5.41) is 14.0. The summed E-state index contributed by atoms with van der Waals surface area (Å²) >= 11 is 0. The maximum absolute atomic E-state index is 14.1. The lowest BCUT2D eigenvalue weighted by Crippen LogP contribution is -2.33. The summed E-state index contributed by atoms with van der Waals surface area (Å²) in [5.41, 5.74) is 0.0802. The molecule has 0 aromatic heterocycles. The van der Waals surface area contributed by atoms with E-state index in [2.05, 4.69) is 10.6 Å². The van der Waals surface area contributed by atoms with Crippen molar-refractivity contribution in [2.45, 2.75) is 40.0 Å². The van der Waals surface area contributed by atoms with Crippen LogP contribution >= 0.6 is 0 Å². The molecule has 0 saturated heterocycles. The largest absolute Gasteiger partial charge is 0.481 e. The summed E-state index contributed by atoms with van der Waals surface area (Å²) < 4.78 is 14.1. The molecule has 0 saturated carbocycles. The smallest absolute Gasteiger partial charge is 0.308 e. The number of amides is 2. The van der Waals surface area contributed by atoms with Gasteiger partial charge in [-0.2, -0.15) is 0 Å². The molecule has 1 rings (SSSR count). The van der Waals surface area contributed by atoms with Gasteiger partial charge in [-0.1, -0.05) is 27.2 Å². The molecular formula is C18H25FN2O4. The zero-order valence-corrected chi connectivity index (χ0v) is 14.8. The highest BCUT2D eigenvalue weighted by Gasteiger charge is 2.18. The Morgan fingerprint density at radius 2 is 1.92 bits per heavy atom. The van der Waals surface area contributed by atoms with Crippen LogP contribution in [0, 0.1) is 17.7 Å². The van der Waals surface area contributed by atoms with E-state index < -0.39 is 23.6 Å². The van der Waals surface area contributed by atoms with Crippen molar-refractivity contribution in [3.05, 3.63) is 29.6 Å². The van der Waals surface area contributed by atoms with E-state index >= 15 is 0 Å². The van der Waals surface area contributed by atoms with Crippen molar-refractivity contribution in [1.82, 2.24) is 5.32 Å². The Bertz CT molecular complexity index is 632. The van der Waals surface area contributed by atoms with Crippen LogP contribution in [-0.4, -0.2) is 29.4 Å². The molecule has 0 aliphatic heterocycles. The first-order chi connectivity index (χ1) is 11.7. The van der Waals surface area contributed by atoms with E-state index in [1.807, 2.05) is 20.8 Å². The average Bonchev–Trinajstić information content (AvgIpc) is 2.51. The number of anilines is 1. The lowest BCUT2D eigenvalue weighted by Gasteiger charge is -2.13. The molecule has 2 amide bonds. The van der Waals surface area contributed by atoms with Crippen molar-refractivity contribution < 1.29 is 23.9 Å². The quantitative estimate of drug-likeness (QED) is 0.636. The number of carboxylic acid groups (broad SMARTS) is 1. The van der Waals surface area contributed by atoms with Crippen LogP contribution < -0.4 is 10.6 Å². The molecule has 1 aromatic rings. The van der Waals surface area contributed by atoms with Gasteiger partial charge in [0.1, 0.15) is 5.82 Å². The van der Waals surface area contributed by atoms with E-state index in [-0.39, 0.29) is 36.0 Å². The molecule has 1 unspecified atom stereocenters. The van der Waals surface area contributed by atoms with Gasteiger partial charge in [0.05, 0.1) is 11.6 Å². The molecule has 25 heavy (non-hydrogen) atoms. The van der Waals surface area contributed by atoms with E-state index in [1.165, 1.54) is 12.1 Å². The molecule has 3 N–H and O–H groups in total. The van der Waals surface area contributed by atoms with Gasteiger partial charge in [-0.05, 0) is 30.5 Å². The number of hydrogen-bond acceptors (Lipinski definition) is 3. The second-order valence-corrected chi connectivity index (χ2v) is 6.37. The average molecular weight is 352 g/mol. The van der Waals surface area contributed by atoms with Crippen LogP contribution in [0.15, 0.2) is 18.2 Å². The maximum atomic E-state index is 14.1. The van der Waals surface area contributed by atoms with Gasteiger partial charge in [-0.3, -0.25) is 14.4 Å². The van der Waals surface area contributed by atoms with Crippen LogP contribution in [-0.2, 0) is 9.59 Å². The van der Waals surface area contributed by atoms with Gasteiger partial charge in [0.25, 0.3) is 5.91 Å². The normalized spacial score (nSPS) is 11.9. The molecule has 0 heterocycles. The zero-order chi connectivity index (χ0) is 19.0. The van der Waals surface area contributed by atoms with Gasteiger partial charge in [0.2, 0.25) is 5.91 Å². The first-order valence-electron chi connectivity index (χ1n) is 8.35. The fourth-order valence-corrected chi connectivity index (χ4v) is 2.31. The Hall–Kier alpha value is -2.44. The summed E-state index contributed by atoms with van der Waals surface area (Å²) in [4.78, 5) is 34.8. The van der Waals surface area contributed by atoms with Crippen molar-refractivity contribution in [2.24, 2.45) is 11.8 Å². The first kappa shape index (κ1) is 20.6. The second-order valence-electron chi connectivity index (χ2n) is 6.37. The SMILES string of the molecule is CCCC(CNC(=O)c1ccc(NC(=O)CC(C)C)c(F)c1)C(=O)O. The topological polar surface area (TPSA) is 95.5 Å². The highest BCUT2D eigenvalue weighted by Crippen LogP contribution is 2.17. The number of aliphatic carboxylic acids is 1. The van der Waals surface area contributed by atoms with Gasteiger partial charge < -0.3 is 15.7 Å². The number of carboxylic acids is 1. The summed E-state index contributed by atoms with van der Waals surface area (Å²) in [6.45, 7) is 5.61. The van der Waals surface area contributed by atoms with E-state index in [4.69, 9.17) is 5.11 Å². The fraction of sp³-hybridized carbons (Fsp3) is 0.500. The van der Waals surface area contributed by atoms with Gasteiger partial charge in [0.15, 0.2) is 0 Å². The molecule has 7 heteroatoms. The van der Waals surface area contributed by atoms with Crippen LogP contribution in [0.1, 0.15) is 50.4 Å². The monoisotopic (exact) mass is 352 g/mol. The van der Waals surface area contributed by atoms with Crippen LogP contribution in [0.4, 0.5) is 10.1 Å². The molecule has 0 bridgehead atoms. The summed E-state index contributed by atoms with van der Waals surface area (Å²) in [6, 6.07) is 3.73. The molecular weight excluding hydrogens is 327 g/mol. The zero-order valence-electron chi connectivity index (χ0n) is 14.8. The Morgan fingerprint density at radius 1 is 1.24 bits per heavy atom. The van der Waals surface area contributed by atoms with Crippen LogP contribution in [0.25, 0.3) is 0 Å². The number of carbonyl (C=O) groups is 3. The Balaban J connectivity index is 2.70. The van der Waals surface area contributed by atoms with Crippen LogP contribution in [0.2, 0.25) is 0 Å². The van der Waals surface area contributed by atoms with Crippen LogP contribution in [0.3, 0.4) is 0 Å². The maximum Gasteiger partial charge on any atom is 0.308 e. The predicted molar refractivity (Wildman–Crippen MR) is 92.9 cm³/mol. The van der Waals surface area contributed by atoms with E-state index in [1.54, 1.807) is 0 Å². The number of carbonyl (C=O) groups excluding carboxylic acids is 2. The first-order valence-corrected chi connectivity index (χ1v) is 8.35. The number of benzene rings is 1. The molecule has 1 atom stereocenters. The van der Waals surface area contributed by atoms with Gasteiger partial charge >= 0.3 is 5.97 Å². The third-order valence-corrected chi connectivity index (χ3v) is 3.59. The van der Waals surface area contributed by atoms with Crippen molar-refractivity contribution >= 4 is 23.5 Å². The summed E-state index contributed by atoms with van der Waals surface area (Å²) in [5.74, 6) is -3.06. The van der Waals surface area contributed by atoms with E-state index in [9.17, 15) is 18.8 Å². The molecule has 0 spiro atoms. The summed E-state index contributed by atoms with van der Waals surface area (Å²) in [7, 11) is 0. The predicted octanol–water partition coefficient (Wildman–Crippen LogP) is 3.04. The van der Waals surface area contributed by atoms with Crippen LogP contribution in [0.5, 0.6) is 0 Å². The number of rotatable bonds is 9. The number of nitrogens with one attached hydrogen (secondary N) is 2. The molecule has 0 aliphatic carbocycles. The minimum Gasteiger partial charge on any atom is -0.481 e. The van der Waals surface area contributed by atoms with E-state index in [0.717, 1.165) is 6.07 Å². The van der Waals surface area contributed by atoms with Gasteiger partial charge in [0, 0.05) is 18.5 Å². The standard InChI is InChI=1S/C18H25FN2O4/c1-4-5-13(18(24)25)10-20-17(23)12-6-7-15(14(19)9-12)21-16(22)8-11(2)3/h6-7,9,11,13H,4-5,8,10H2,1-3H3,(H,20,23)(H,21,22)(H,24,25). The van der Waals surface area contributed by atoms with Gasteiger partial charge in [-0.15, -0.1) is 0 Å². The third kappa shape index (κ3) is 6.91. The lowest BCUT2D eigenvalue weighted by atomic mass is 10.0. The van der Waals surface area contributed by atoms with E-state index in [0.29, 0.717) is 12.8 Å². The van der Waals surface area contributed by atoms with Crippen molar-refractivity contribution in [2.75, 3.05) is 11.9 Å². The number of hydrogen-bond donors (Lipinski definition) is 3. The minimum absolute atomic E-state index is 0.0107. The second kappa shape index (κ2) is 9.76. The van der Waals surface area contributed by atoms with Crippen molar-refractivity contribution in [1.29, 1.82) is 0 Å². The van der Waals surface area contributed by atoms with Crippen molar-refractivity contribution in [3.8, 4) is 0 Å². The molecule has 1 aromatic carbocycles. The molecule has 0 radical (unpaired) electrons. The molecule has 0 aliphatic rings.